The fourth-order valence-electron chi connectivity index (χ4n) is 4.15. The van der Waals surface area contributed by atoms with Crippen LogP contribution in [-0.2, 0) is 11.2 Å². The molecule has 0 bridgehead atoms. The Morgan fingerprint density at radius 2 is 1.70 bits per heavy atom. The van der Waals surface area contributed by atoms with Gasteiger partial charge in [0.25, 0.3) is 5.91 Å². The lowest BCUT2D eigenvalue weighted by Gasteiger charge is -2.40. The second-order valence-electron chi connectivity index (χ2n) is 8.37. The Balaban J connectivity index is 1.61. The number of carbonyl (C=O) groups excluding carboxylic acids is 2. The Kier molecular flexibility index (Phi) is 6.68. The van der Waals surface area contributed by atoms with Crippen LogP contribution >= 0.6 is 0 Å². The monoisotopic (exact) mass is 443 g/mol. The van der Waals surface area contributed by atoms with E-state index in [1.54, 1.807) is 9.80 Å². The van der Waals surface area contributed by atoms with Crippen LogP contribution in [0.5, 0.6) is 0 Å². The van der Waals surface area contributed by atoms with Crippen LogP contribution in [0.1, 0.15) is 22.8 Å². The number of anilines is 1. The number of hydrogen-bond acceptors (Lipinski definition) is 5. The summed E-state index contributed by atoms with van der Waals surface area (Å²) in [6.07, 6.45) is 3.53. The van der Waals surface area contributed by atoms with Gasteiger partial charge in [-0.1, -0.05) is 54.6 Å². The van der Waals surface area contributed by atoms with E-state index in [0.717, 1.165) is 16.7 Å². The van der Waals surface area contributed by atoms with Crippen LogP contribution in [0.2, 0.25) is 0 Å². The van der Waals surface area contributed by atoms with Crippen molar-refractivity contribution in [2.45, 2.75) is 19.4 Å². The maximum atomic E-state index is 13.4. The van der Waals surface area contributed by atoms with E-state index in [1.165, 1.54) is 12.4 Å². The third kappa shape index (κ3) is 4.87. The van der Waals surface area contributed by atoms with E-state index in [1.807, 2.05) is 56.3 Å². The normalized spacial score (nSPS) is 16.1. The molecule has 1 fully saturated rings. The lowest BCUT2D eigenvalue weighted by Crippen LogP contribution is -2.59. The lowest BCUT2D eigenvalue weighted by molar-refractivity contribution is -0.139. The lowest BCUT2D eigenvalue weighted by atomic mass is 9.97. The molecule has 0 saturated carbocycles. The first-order chi connectivity index (χ1) is 16.0. The van der Waals surface area contributed by atoms with Crippen LogP contribution in [0.15, 0.2) is 67.0 Å². The van der Waals surface area contributed by atoms with Crippen LogP contribution in [0.3, 0.4) is 0 Å². The molecule has 1 saturated heterocycles. The molecule has 1 aliphatic rings. The quantitative estimate of drug-likeness (QED) is 0.586. The first-order valence-corrected chi connectivity index (χ1v) is 11.2. The van der Waals surface area contributed by atoms with Crippen molar-refractivity contribution in [3.8, 4) is 11.1 Å². The molecule has 4 rings (SSSR count). The van der Waals surface area contributed by atoms with Crippen molar-refractivity contribution >= 4 is 17.8 Å². The molecule has 7 nitrogen and oxygen atoms in total. The third-order valence-electron chi connectivity index (χ3n) is 5.97. The van der Waals surface area contributed by atoms with E-state index in [-0.39, 0.29) is 11.8 Å². The van der Waals surface area contributed by atoms with Gasteiger partial charge < -0.3 is 14.7 Å². The van der Waals surface area contributed by atoms with E-state index in [4.69, 9.17) is 0 Å². The summed E-state index contributed by atoms with van der Waals surface area (Å²) in [6, 6.07) is 17.8. The largest absolute Gasteiger partial charge is 0.347 e. The summed E-state index contributed by atoms with van der Waals surface area (Å²) in [7, 11) is 3.69. The minimum atomic E-state index is -0.564. The number of aromatic nitrogens is 2. The second-order valence-corrected chi connectivity index (χ2v) is 8.37. The molecule has 0 N–H and O–H groups in total. The molecule has 2 aromatic carbocycles. The van der Waals surface area contributed by atoms with Crippen molar-refractivity contribution < 1.29 is 9.59 Å². The van der Waals surface area contributed by atoms with Gasteiger partial charge in [0.05, 0.1) is 5.56 Å². The Morgan fingerprint density at radius 3 is 2.36 bits per heavy atom. The number of amides is 2. The Morgan fingerprint density at radius 1 is 1.00 bits per heavy atom. The number of benzene rings is 2. The maximum absolute atomic E-state index is 13.4. The molecule has 0 aliphatic carbocycles. The zero-order valence-corrected chi connectivity index (χ0v) is 19.3. The van der Waals surface area contributed by atoms with Crippen LogP contribution in [0.4, 0.5) is 5.95 Å². The van der Waals surface area contributed by atoms with Gasteiger partial charge in [-0.05, 0) is 23.6 Å². The van der Waals surface area contributed by atoms with Crippen molar-refractivity contribution in [1.29, 1.82) is 0 Å². The van der Waals surface area contributed by atoms with E-state index >= 15 is 0 Å². The van der Waals surface area contributed by atoms with Crippen LogP contribution in [0, 0.1) is 0 Å². The Hall–Kier alpha value is -3.74. The summed E-state index contributed by atoms with van der Waals surface area (Å²) < 4.78 is 0. The zero-order chi connectivity index (χ0) is 23.4. The first kappa shape index (κ1) is 22.5. The standard InChI is InChI=1S/C26H29N5O2/c1-4-30-13-14-31(24(32)22-17-27-26(28-18-22)29(2)3)23(25(30)33)16-19-9-8-12-21(15-19)20-10-6-5-7-11-20/h5-12,15,17-18,23H,4,13-14,16H2,1-3H3. The van der Waals surface area contributed by atoms with Crippen molar-refractivity contribution in [1.82, 2.24) is 19.8 Å². The highest BCUT2D eigenvalue weighted by molar-refractivity contribution is 5.98. The molecule has 1 aliphatic heterocycles. The molecule has 33 heavy (non-hydrogen) atoms. The van der Waals surface area contributed by atoms with Crippen molar-refractivity contribution in [3.63, 3.8) is 0 Å². The van der Waals surface area contributed by atoms with Gasteiger partial charge in [0.1, 0.15) is 6.04 Å². The zero-order valence-electron chi connectivity index (χ0n) is 19.3. The molecule has 170 valence electrons. The molecule has 0 spiro atoms. The van der Waals surface area contributed by atoms with Gasteiger partial charge in [-0.2, -0.15) is 0 Å². The van der Waals surface area contributed by atoms with Gasteiger partial charge >= 0.3 is 0 Å². The van der Waals surface area contributed by atoms with E-state index in [0.29, 0.717) is 37.6 Å². The molecular weight excluding hydrogens is 414 g/mol. The summed E-state index contributed by atoms with van der Waals surface area (Å²) in [5.41, 5.74) is 3.62. The fraction of sp³-hybridized carbons (Fsp3) is 0.308. The van der Waals surface area contributed by atoms with Crippen LogP contribution in [0.25, 0.3) is 11.1 Å². The van der Waals surface area contributed by atoms with E-state index in [2.05, 4.69) is 34.2 Å². The number of carbonyl (C=O) groups is 2. The molecule has 1 atom stereocenters. The predicted molar refractivity (Wildman–Crippen MR) is 129 cm³/mol. The van der Waals surface area contributed by atoms with Gasteiger partial charge in [0.15, 0.2) is 0 Å². The SMILES string of the molecule is CCN1CCN(C(=O)c2cnc(N(C)C)nc2)C(Cc2cccc(-c3ccccc3)c2)C1=O. The fourth-order valence-corrected chi connectivity index (χ4v) is 4.15. The summed E-state index contributed by atoms with van der Waals surface area (Å²) in [6.45, 7) is 3.60. The highest BCUT2D eigenvalue weighted by Gasteiger charge is 2.37. The molecule has 1 aromatic heterocycles. The number of likely N-dealkylation sites (N-methyl/N-ethyl adjacent to an activating group) is 1. The molecule has 1 unspecified atom stereocenters. The van der Waals surface area contributed by atoms with Crippen LogP contribution in [-0.4, -0.2) is 71.4 Å². The summed E-state index contributed by atoms with van der Waals surface area (Å²) >= 11 is 0. The average Bonchev–Trinajstić information content (AvgIpc) is 2.85. The highest BCUT2D eigenvalue weighted by atomic mass is 16.2. The highest BCUT2D eigenvalue weighted by Crippen LogP contribution is 2.24. The maximum Gasteiger partial charge on any atom is 0.257 e. The number of piperazine rings is 1. The predicted octanol–water partition coefficient (Wildman–Crippen LogP) is 3.13. The van der Waals surface area contributed by atoms with Crippen molar-refractivity contribution in [2.75, 3.05) is 38.6 Å². The topological polar surface area (TPSA) is 69.6 Å². The van der Waals surface area contributed by atoms with Gasteiger partial charge in [-0.3, -0.25) is 9.59 Å². The summed E-state index contributed by atoms with van der Waals surface area (Å²) in [4.78, 5) is 40.5. The smallest absolute Gasteiger partial charge is 0.257 e. The van der Waals surface area contributed by atoms with Crippen LogP contribution < -0.4 is 4.90 Å². The number of rotatable bonds is 6. The second kappa shape index (κ2) is 9.81. The van der Waals surface area contributed by atoms with Gasteiger partial charge in [0, 0.05) is 52.5 Å². The Labute approximate surface area is 194 Å². The molecular formula is C26H29N5O2. The van der Waals surface area contributed by atoms with Gasteiger partial charge in [-0.15, -0.1) is 0 Å². The molecule has 2 heterocycles. The van der Waals surface area contributed by atoms with Gasteiger partial charge in [-0.25, -0.2) is 9.97 Å². The van der Waals surface area contributed by atoms with E-state index in [9.17, 15) is 9.59 Å². The minimum absolute atomic E-state index is 0.0203. The van der Waals surface area contributed by atoms with Crippen molar-refractivity contribution in [2.24, 2.45) is 0 Å². The molecule has 7 heteroatoms. The first-order valence-electron chi connectivity index (χ1n) is 11.2. The molecule has 0 radical (unpaired) electrons. The third-order valence-corrected chi connectivity index (χ3v) is 5.97. The number of nitrogens with zero attached hydrogens (tertiary/aromatic N) is 5. The molecule has 3 aromatic rings. The summed E-state index contributed by atoms with van der Waals surface area (Å²) in [5.74, 6) is 0.300. The van der Waals surface area contributed by atoms with E-state index < -0.39 is 6.04 Å². The Bertz CT molecular complexity index is 1120. The van der Waals surface area contributed by atoms with Crippen molar-refractivity contribution in [3.05, 3.63) is 78.1 Å². The molecule has 2 amide bonds. The van der Waals surface area contributed by atoms with Gasteiger partial charge in [0.2, 0.25) is 11.9 Å². The average molecular weight is 444 g/mol. The minimum Gasteiger partial charge on any atom is -0.347 e. The summed E-state index contributed by atoms with van der Waals surface area (Å²) in [5, 5.41) is 0. The number of hydrogen-bond donors (Lipinski definition) is 0.